The van der Waals surface area contributed by atoms with Crippen LogP contribution >= 0.6 is 15.9 Å². The molecule has 0 saturated heterocycles. The molecule has 1 aromatic heterocycles. The molecule has 5 aromatic carbocycles. The molecule has 0 N–H and O–H groups in total. The molecule has 0 aliphatic heterocycles. The van der Waals surface area contributed by atoms with Crippen molar-refractivity contribution in [3.8, 4) is 27.9 Å². The van der Waals surface area contributed by atoms with Crippen LogP contribution in [0.3, 0.4) is 0 Å². The second kappa shape index (κ2) is 8.94. The van der Waals surface area contributed by atoms with Crippen LogP contribution in [0.5, 0.6) is 0 Å². The third-order valence-corrected chi connectivity index (χ3v) is 11.5. The van der Waals surface area contributed by atoms with E-state index >= 15 is 0 Å². The summed E-state index contributed by atoms with van der Waals surface area (Å²) in [6.45, 7) is 14.5. The van der Waals surface area contributed by atoms with Crippen molar-refractivity contribution in [2.45, 2.75) is 52.4 Å². The van der Waals surface area contributed by atoms with Gasteiger partial charge >= 0.3 is 0 Å². The average molecular weight is 599 g/mol. The molecule has 6 aromatic rings. The number of rotatable bonds is 3. The van der Waals surface area contributed by atoms with E-state index in [0.717, 1.165) is 4.47 Å². The average Bonchev–Trinajstić information content (AvgIpc) is 3.35. The minimum Gasteiger partial charge on any atom is -0.309 e. The number of benzene rings is 5. The Labute approximate surface area is 252 Å². The SMILES string of the molecule is CC1(C)c2cc(Br)c(-c3ccc4c(c3)c3ccccc3n4-c3ccc(-c4ccccc4)cc3)cc2C(C)(C)C1(C)C. The first-order valence-electron chi connectivity index (χ1n) is 14.6. The van der Waals surface area contributed by atoms with E-state index in [1.807, 2.05) is 0 Å². The smallest absolute Gasteiger partial charge is 0.0541 e. The minimum absolute atomic E-state index is 0.0628. The first-order chi connectivity index (χ1) is 19.5. The Morgan fingerprint density at radius 2 is 1.07 bits per heavy atom. The number of para-hydroxylation sites is 1. The molecule has 1 aliphatic carbocycles. The van der Waals surface area contributed by atoms with E-state index in [1.165, 1.54) is 60.9 Å². The van der Waals surface area contributed by atoms with Gasteiger partial charge in [0, 0.05) is 20.9 Å². The van der Waals surface area contributed by atoms with Crippen LogP contribution in [0, 0.1) is 5.41 Å². The molecule has 41 heavy (non-hydrogen) atoms. The Hall–Kier alpha value is -3.62. The summed E-state index contributed by atoms with van der Waals surface area (Å²) >= 11 is 3.99. The van der Waals surface area contributed by atoms with Crippen LogP contribution in [-0.2, 0) is 10.8 Å². The summed E-state index contributed by atoms with van der Waals surface area (Å²) in [6.07, 6.45) is 0. The number of hydrogen-bond donors (Lipinski definition) is 0. The van der Waals surface area contributed by atoms with Gasteiger partial charge in [0.25, 0.3) is 0 Å². The van der Waals surface area contributed by atoms with Crippen LogP contribution in [0.25, 0.3) is 49.7 Å². The Balaban J connectivity index is 1.39. The molecular formula is C39H36BrN. The Morgan fingerprint density at radius 1 is 0.512 bits per heavy atom. The second-order valence-corrected chi connectivity index (χ2v) is 14.1. The first kappa shape index (κ1) is 26.3. The fourth-order valence-electron chi connectivity index (χ4n) is 7.14. The fourth-order valence-corrected chi connectivity index (χ4v) is 7.71. The Bertz CT molecular complexity index is 1950. The molecule has 1 heterocycles. The van der Waals surface area contributed by atoms with Gasteiger partial charge in [0.1, 0.15) is 0 Å². The highest BCUT2D eigenvalue weighted by Gasteiger charge is 2.56. The summed E-state index contributed by atoms with van der Waals surface area (Å²) in [5, 5.41) is 2.55. The zero-order valence-corrected chi connectivity index (χ0v) is 26.3. The van der Waals surface area contributed by atoms with Gasteiger partial charge in [0.2, 0.25) is 0 Å². The molecule has 0 spiro atoms. The maximum atomic E-state index is 3.99. The van der Waals surface area contributed by atoms with E-state index in [-0.39, 0.29) is 16.2 Å². The summed E-state index contributed by atoms with van der Waals surface area (Å²) in [6, 6.07) is 40.1. The highest BCUT2D eigenvalue weighted by molar-refractivity contribution is 9.10. The molecule has 0 atom stereocenters. The van der Waals surface area contributed by atoms with Crippen molar-refractivity contribution < 1.29 is 0 Å². The molecule has 1 aliphatic rings. The van der Waals surface area contributed by atoms with Crippen molar-refractivity contribution in [2.75, 3.05) is 0 Å². The number of fused-ring (bicyclic) bond motifs is 4. The quantitative estimate of drug-likeness (QED) is 0.191. The van der Waals surface area contributed by atoms with Crippen molar-refractivity contribution in [1.29, 1.82) is 0 Å². The molecule has 2 heteroatoms. The van der Waals surface area contributed by atoms with Crippen LogP contribution < -0.4 is 0 Å². The Kier molecular flexibility index (Phi) is 5.73. The fraction of sp³-hybridized carbons (Fsp3) is 0.231. The number of aromatic nitrogens is 1. The minimum atomic E-state index is 0.0628. The molecule has 7 rings (SSSR count). The van der Waals surface area contributed by atoms with Crippen molar-refractivity contribution >= 4 is 37.7 Å². The zero-order valence-electron chi connectivity index (χ0n) is 24.7. The van der Waals surface area contributed by atoms with Gasteiger partial charge in [-0.3, -0.25) is 0 Å². The number of nitrogens with zero attached hydrogens (tertiary/aromatic N) is 1. The standard InChI is InChI=1S/C39H36BrN/c1-37(2)32-23-30(34(40)24-33(32)38(3,4)39(37,5)6)27-18-21-36-31(22-27)29-14-10-11-15-35(29)41(36)28-19-16-26(17-20-28)25-12-8-7-9-13-25/h7-24H,1-6H3. The van der Waals surface area contributed by atoms with Gasteiger partial charge in [-0.05, 0) is 92.1 Å². The van der Waals surface area contributed by atoms with E-state index in [9.17, 15) is 0 Å². The number of halogens is 1. The molecule has 0 amide bonds. The van der Waals surface area contributed by atoms with Crippen LogP contribution in [0.1, 0.15) is 52.7 Å². The molecular weight excluding hydrogens is 562 g/mol. The maximum Gasteiger partial charge on any atom is 0.0541 e. The predicted molar refractivity (Wildman–Crippen MR) is 179 cm³/mol. The van der Waals surface area contributed by atoms with Gasteiger partial charge in [0.05, 0.1) is 11.0 Å². The van der Waals surface area contributed by atoms with Crippen LogP contribution in [0.4, 0.5) is 0 Å². The van der Waals surface area contributed by atoms with E-state index < -0.39 is 0 Å². The molecule has 1 nitrogen and oxygen atoms in total. The van der Waals surface area contributed by atoms with Crippen molar-refractivity contribution in [2.24, 2.45) is 5.41 Å². The maximum absolute atomic E-state index is 3.99. The van der Waals surface area contributed by atoms with Crippen LogP contribution in [0.2, 0.25) is 0 Å². The largest absolute Gasteiger partial charge is 0.309 e. The summed E-state index contributed by atoms with van der Waals surface area (Å²) in [7, 11) is 0. The topological polar surface area (TPSA) is 4.93 Å². The first-order valence-corrected chi connectivity index (χ1v) is 15.4. The van der Waals surface area contributed by atoms with Crippen molar-refractivity contribution in [1.82, 2.24) is 4.57 Å². The summed E-state index contributed by atoms with van der Waals surface area (Å²) < 4.78 is 3.56. The van der Waals surface area contributed by atoms with Gasteiger partial charge in [-0.1, -0.05) is 124 Å². The second-order valence-electron chi connectivity index (χ2n) is 13.3. The van der Waals surface area contributed by atoms with Gasteiger partial charge in [-0.15, -0.1) is 0 Å². The summed E-state index contributed by atoms with van der Waals surface area (Å²) in [5.41, 5.74) is 11.8. The lowest BCUT2D eigenvalue weighted by Gasteiger charge is -2.44. The van der Waals surface area contributed by atoms with E-state index in [0.29, 0.717) is 0 Å². The van der Waals surface area contributed by atoms with E-state index in [2.05, 4.69) is 171 Å². The predicted octanol–water partition coefficient (Wildman–Crippen LogP) is 11.5. The molecule has 204 valence electrons. The van der Waals surface area contributed by atoms with E-state index in [1.54, 1.807) is 0 Å². The zero-order chi connectivity index (χ0) is 28.7. The van der Waals surface area contributed by atoms with Crippen molar-refractivity contribution in [3.63, 3.8) is 0 Å². The summed E-state index contributed by atoms with van der Waals surface area (Å²) in [4.78, 5) is 0. The molecule has 0 fully saturated rings. The van der Waals surface area contributed by atoms with Crippen molar-refractivity contribution in [3.05, 3.63) is 125 Å². The van der Waals surface area contributed by atoms with Crippen LogP contribution in [-0.4, -0.2) is 4.57 Å². The van der Waals surface area contributed by atoms with Gasteiger partial charge < -0.3 is 4.57 Å². The molecule has 0 unspecified atom stereocenters. The molecule has 0 bridgehead atoms. The number of hydrogen-bond acceptors (Lipinski definition) is 0. The highest BCUT2D eigenvalue weighted by Crippen LogP contribution is 2.62. The lowest BCUT2D eigenvalue weighted by molar-refractivity contribution is 0.125. The third kappa shape index (κ3) is 3.66. The van der Waals surface area contributed by atoms with Gasteiger partial charge in [-0.25, -0.2) is 0 Å². The molecule has 0 radical (unpaired) electrons. The van der Waals surface area contributed by atoms with Gasteiger partial charge in [0.15, 0.2) is 0 Å². The summed E-state index contributed by atoms with van der Waals surface area (Å²) in [5.74, 6) is 0. The van der Waals surface area contributed by atoms with Crippen LogP contribution in [0.15, 0.2) is 114 Å². The lowest BCUT2D eigenvalue weighted by atomic mass is 9.59. The third-order valence-electron chi connectivity index (χ3n) is 10.8. The molecule has 0 saturated carbocycles. The monoisotopic (exact) mass is 597 g/mol. The normalized spacial score (nSPS) is 16.8. The highest BCUT2D eigenvalue weighted by atomic mass is 79.9. The Morgan fingerprint density at radius 3 is 1.78 bits per heavy atom. The van der Waals surface area contributed by atoms with E-state index in [4.69, 9.17) is 0 Å². The lowest BCUT2D eigenvalue weighted by Crippen LogP contribution is -2.42. The van der Waals surface area contributed by atoms with Gasteiger partial charge in [-0.2, -0.15) is 0 Å².